The lowest BCUT2D eigenvalue weighted by Gasteiger charge is -2.09. The lowest BCUT2D eigenvalue weighted by molar-refractivity contribution is -0.144. The fraction of sp³-hybridized carbons (Fsp3) is 0.750. The van der Waals surface area contributed by atoms with Crippen LogP contribution in [0.2, 0.25) is 0 Å². The van der Waals surface area contributed by atoms with Crippen LogP contribution in [0.3, 0.4) is 0 Å². The zero-order valence-electron chi connectivity index (χ0n) is 9.19. The van der Waals surface area contributed by atoms with E-state index in [1.165, 1.54) is 0 Å². The summed E-state index contributed by atoms with van der Waals surface area (Å²) in [5.41, 5.74) is 1.91. The Bertz CT molecular complexity index is 271. The molecule has 0 saturated carbocycles. The number of urea groups is 1. The Balaban J connectivity index is 3.51. The van der Waals surface area contributed by atoms with Gasteiger partial charge in [-0.25, -0.2) is 15.1 Å². The normalized spacial score (nSPS) is 13.9. The monoisotopic (exact) mass is 252 g/mol. The number of aliphatic carboxylic acids is 1. The van der Waals surface area contributed by atoms with Crippen LogP contribution in [0.5, 0.6) is 0 Å². The number of hydroxylamine groups is 1. The Hall–Kier alpha value is -1.15. The Morgan fingerprint density at radius 2 is 2.12 bits per heavy atom. The van der Waals surface area contributed by atoms with Crippen LogP contribution >= 0.6 is 0 Å². The summed E-state index contributed by atoms with van der Waals surface area (Å²) < 4.78 is 11.0. The van der Waals surface area contributed by atoms with Crippen LogP contribution in [-0.4, -0.2) is 46.0 Å². The third-order valence-electron chi connectivity index (χ3n) is 1.76. The van der Waals surface area contributed by atoms with Crippen LogP contribution in [0.25, 0.3) is 0 Å². The maximum atomic E-state index is 11.0. The third-order valence-corrected chi connectivity index (χ3v) is 3.13. The van der Waals surface area contributed by atoms with Crippen LogP contribution < -0.4 is 10.8 Å². The molecule has 0 spiro atoms. The van der Waals surface area contributed by atoms with Gasteiger partial charge in [0, 0.05) is 28.9 Å². The number of hydrogen-bond donors (Lipinski definition) is 3. The molecule has 0 aromatic heterocycles. The molecule has 0 fully saturated rings. The average Bonchev–Trinajstić information content (AvgIpc) is 2.16. The molecule has 0 aliphatic carbocycles. The molecule has 7 nitrogen and oxygen atoms in total. The number of carboxylic acid groups (broad SMARTS) is 1. The highest BCUT2D eigenvalue weighted by Crippen LogP contribution is 1.96. The standard InChI is InChI=1S/C8H16N2O5S/c1-6(16(2)14)3-4-9-8(13)10-15-5-7(11)12/h6H,3-5H2,1-2H3,(H,11,12)(H2,9,10,13). The Morgan fingerprint density at radius 3 is 2.62 bits per heavy atom. The van der Waals surface area contributed by atoms with Crippen LogP contribution in [0.4, 0.5) is 4.79 Å². The number of amides is 2. The molecule has 0 aromatic carbocycles. The zero-order chi connectivity index (χ0) is 12.6. The van der Waals surface area contributed by atoms with E-state index in [0.717, 1.165) is 0 Å². The lowest BCUT2D eigenvalue weighted by atomic mass is 10.3. The SMILES string of the molecule is CC(CCNC(=O)NOCC(=O)O)S(C)=O. The molecule has 0 rings (SSSR count). The van der Waals surface area contributed by atoms with E-state index in [1.54, 1.807) is 6.26 Å². The van der Waals surface area contributed by atoms with Gasteiger partial charge in [-0.15, -0.1) is 0 Å². The van der Waals surface area contributed by atoms with E-state index in [1.807, 2.05) is 12.4 Å². The van der Waals surface area contributed by atoms with Crippen molar-refractivity contribution in [1.82, 2.24) is 10.8 Å². The van der Waals surface area contributed by atoms with Crippen molar-refractivity contribution in [3.05, 3.63) is 0 Å². The number of hydrogen-bond acceptors (Lipinski definition) is 4. The van der Waals surface area contributed by atoms with Gasteiger partial charge < -0.3 is 10.4 Å². The minimum absolute atomic E-state index is 0.000220. The first-order valence-electron chi connectivity index (χ1n) is 4.63. The lowest BCUT2D eigenvalue weighted by Crippen LogP contribution is -2.38. The highest BCUT2D eigenvalue weighted by Gasteiger charge is 2.07. The molecule has 0 aliphatic rings. The summed E-state index contributed by atoms with van der Waals surface area (Å²) in [7, 11) is -0.917. The summed E-state index contributed by atoms with van der Waals surface area (Å²) in [6.45, 7) is 1.57. The predicted octanol–water partition coefficient (Wildman–Crippen LogP) is -0.541. The highest BCUT2D eigenvalue weighted by molar-refractivity contribution is 7.84. The van der Waals surface area contributed by atoms with Crippen LogP contribution in [-0.2, 0) is 20.4 Å². The maximum Gasteiger partial charge on any atom is 0.338 e. The van der Waals surface area contributed by atoms with E-state index in [9.17, 15) is 13.8 Å². The molecule has 0 saturated heterocycles. The summed E-state index contributed by atoms with van der Waals surface area (Å²) in [4.78, 5) is 25.3. The van der Waals surface area contributed by atoms with Gasteiger partial charge in [-0.3, -0.25) is 9.05 Å². The fourth-order valence-electron chi connectivity index (χ4n) is 0.754. The fourth-order valence-corrected chi connectivity index (χ4v) is 1.20. The predicted molar refractivity (Wildman–Crippen MR) is 58.3 cm³/mol. The topological polar surface area (TPSA) is 105 Å². The van der Waals surface area contributed by atoms with Gasteiger partial charge in [0.15, 0.2) is 6.61 Å². The molecule has 0 bridgehead atoms. The van der Waals surface area contributed by atoms with Crippen LogP contribution in [0.1, 0.15) is 13.3 Å². The quantitative estimate of drug-likeness (QED) is 0.528. The Labute approximate surface area is 96.0 Å². The number of carboxylic acids is 1. The molecule has 0 aliphatic heterocycles. The summed E-state index contributed by atoms with van der Waals surface area (Å²) in [5, 5.41) is 10.6. The minimum Gasteiger partial charge on any atom is -0.479 e. The first-order valence-corrected chi connectivity index (χ1v) is 6.25. The molecular formula is C8H16N2O5S. The molecule has 94 valence electrons. The van der Waals surface area contributed by atoms with Crippen LogP contribution in [0.15, 0.2) is 0 Å². The first-order chi connectivity index (χ1) is 7.43. The molecule has 3 N–H and O–H groups in total. The van der Waals surface area contributed by atoms with Crippen molar-refractivity contribution >= 4 is 22.8 Å². The second-order valence-corrected chi connectivity index (χ2v) is 4.94. The van der Waals surface area contributed by atoms with E-state index >= 15 is 0 Å². The molecule has 8 heteroatoms. The van der Waals surface area contributed by atoms with Crippen molar-refractivity contribution in [2.45, 2.75) is 18.6 Å². The molecule has 0 heterocycles. The van der Waals surface area contributed by atoms with E-state index in [2.05, 4.69) is 10.2 Å². The molecule has 0 aromatic rings. The maximum absolute atomic E-state index is 11.0. The van der Waals surface area contributed by atoms with Gasteiger partial charge in [-0.05, 0) is 6.42 Å². The van der Waals surface area contributed by atoms with Gasteiger partial charge in [-0.1, -0.05) is 6.92 Å². The van der Waals surface area contributed by atoms with Crippen molar-refractivity contribution in [3.8, 4) is 0 Å². The van der Waals surface area contributed by atoms with Gasteiger partial charge in [-0.2, -0.15) is 0 Å². The van der Waals surface area contributed by atoms with Gasteiger partial charge in [0.25, 0.3) is 0 Å². The Kier molecular flexibility index (Phi) is 7.48. The molecule has 2 amide bonds. The summed E-state index contributed by atoms with van der Waals surface area (Å²) in [5.74, 6) is -1.17. The second-order valence-electron chi connectivity index (χ2n) is 3.14. The van der Waals surface area contributed by atoms with Crippen LogP contribution in [0, 0.1) is 0 Å². The number of carbonyl (C=O) groups is 2. The minimum atomic E-state index is -1.17. The molecule has 2 atom stereocenters. The number of rotatable bonds is 7. The molecule has 2 unspecified atom stereocenters. The molecular weight excluding hydrogens is 236 g/mol. The zero-order valence-corrected chi connectivity index (χ0v) is 10.0. The first kappa shape index (κ1) is 14.8. The summed E-state index contributed by atoms with van der Waals surface area (Å²) in [6, 6.07) is -0.615. The van der Waals surface area contributed by atoms with Gasteiger partial charge in [0.1, 0.15) is 0 Å². The highest BCUT2D eigenvalue weighted by atomic mass is 32.2. The van der Waals surface area contributed by atoms with Crippen molar-refractivity contribution < 1.29 is 23.7 Å². The van der Waals surface area contributed by atoms with Gasteiger partial charge in [0.2, 0.25) is 0 Å². The van der Waals surface area contributed by atoms with E-state index in [0.29, 0.717) is 13.0 Å². The van der Waals surface area contributed by atoms with Crippen molar-refractivity contribution in [2.24, 2.45) is 0 Å². The largest absolute Gasteiger partial charge is 0.479 e. The number of carbonyl (C=O) groups excluding carboxylic acids is 1. The van der Waals surface area contributed by atoms with Gasteiger partial charge >= 0.3 is 12.0 Å². The third kappa shape index (κ3) is 8.18. The second kappa shape index (κ2) is 8.05. The van der Waals surface area contributed by atoms with Gasteiger partial charge in [0.05, 0.1) is 0 Å². The van der Waals surface area contributed by atoms with Crippen molar-refractivity contribution in [1.29, 1.82) is 0 Å². The van der Waals surface area contributed by atoms with E-state index in [-0.39, 0.29) is 5.25 Å². The van der Waals surface area contributed by atoms with E-state index < -0.39 is 29.4 Å². The smallest absolute Gasteiger partial charge is 0.338 e. The summed E-state index contributed by atoms with van der Waals surface area (Å²) >= 11 is 0. The average molecular weight is 252 g/mol. The van der Waals surface area contributed by atoms with Crippen molar-refractivity contribution in [2.75, 3.05) is 19.4 Å². The van der Waals surface area contributed by atoms with E-state index in [4.69, 9.17) is 5.11 Å². The Morgan fingerprint density at radius 1 is 1.50 bits per heavy atom. The number of nitrogens with one attached hydrogen (secondary N) is 2. The van der Waals surface area contributed by atoms with Crippen molar-refractivity contribution in [3.63, 3.8) is 0 Å². The summed E-state index contributed by atoms with van der Waals surface area (Å²) in [6.07, 6.45) is 2.18. The molecule has 0 radical (unpaired) electrons. The molecule has 16 heavy (non-hydrogen) atoms.